The van der Waals surface area contributed by atoms with Crippen LogP contribution in [0.4, 0.5) is 4.39 Å². The molecule has 5 nitrogen and oxygen atoms in total. The predicted octanol–water partition coefficient (Wildman–Crippen LogP) is 3.69. The molecular formula is C22H21FN2O3. The van der Waals surface area contributed by atoms with E-state index >= 15 is 0 Å². The fourth-order valence-electron chi connectivity index (χ4n) is 3.62. The third-order valence-electron chi connectivity index (χ3n) is 5.31. The summed E-state index contributed by atoms with van der Waals surface area (Å²) in [5.74, 6) is 0.272. The lowest BCUT2D eigenvalue weighted by Crippen LogP contribution is -2.47. The van der Waals surface area contributed by atoms with Crippen LogP contribution in [0.5, 0.6) is 0 Å². The van der Waals surface area contributed by atoms with E-state index in [0.717, 1.165) is 5.56 Å². The maximum atomic E-state index is 13.9. The zero-order chi connectivity index (χ0) is 19.6. The monoisotopic (exact) mass is 380 g/mol. The van der Waals surface area contributed by atoms with Gasteiger partial charge in [0, 0.05) is 30.6 Å². The highest BCUT2D eigenvalue weighted by atomic mass is 19.1. The molecule has 2 aromatic carbocycles. The lowest BCUT2D eigenvalue weighted by Gasteiger charge is -2.38. The standard InChI is InChI=1S/C22H21FN2O3/c23-19-4-2-1-3-18(19)13-22(27)9-11-25(12-10-22)21(26)17-7-5-16(6-8-17)20-14-24-15-28-20/h1-8,14-15,27H,9-13H2. The smallest absolute Gasteiger partial charge is 0.253 e. The van der Waals surface area contributed by atoms with Gasteiger partial charge in [-0.15, -0.1) is 0 Å². The maximum Gasteiger partial charge on any atom is 0.253 e. The van der Waals surface area contributed by atoms with Crippen molar-refractivity contribution in [3.63, 3.8) is 0 Å². The van der Waals surface area contributed by atoms with Crippen molar-refractivity contribution in [3.8, 4) is 11.3 Å². The molecule has 1 aliphatic rings. The Morgan fingerprint density at radius 2 is 1.86 bits per heavy atom. The van der Waals surface area contributed by atoms with Gasteiger partial charge in [0.2, 0.25) is 0 Å². The van der Waals surface area contributed by atoms with E-state index < -0.39 is 5.60 Å². The van der Waals surface area contributed by atoms with E-state index in [4.69, 9.17) is 4.42 Å². The van der Waals surface area contributed by atoms with Crippen molar-refractivity contribution >= 4 is 5.91 Å². The molecule has 1 aliphatic heterocycles. The predicted molar refractivity (Wildman–Crippen MR) is 102 cm³/mol. The molecule has 0 spiro atoms. The second-order valence-electron chi connectivity index (χ2n) is 7.23. The molecule has 0 saturated carbocycles. The van der Waals surface area contributed by atoms with E-state index in [1.54, 1.807) is 41.4 Å². The summed E-state index contributed by atoms with van der Waals surface area (Å²) < 4.78 is 19.1. The molecule has 1 amide bonds. The molecule has 6 heteroatoms. The lowest BCUT2D eigenvalue weighted by atomic mass is 9.85. The van der Waals surface area contributed by atoms with Gasteiger partial charge in [-0.1, -0.05) is 30.3 Å². The van der Waals surface area contributed by atoms with Gasteiger partial charge in [-0.3, -0.25) is 4.79 Å². The molecule has 1 fully saturated rings. The third-order valence-corrected chi connectivity index (χ3v) is 5.31. The van der Waals surface area contributed by atoms with Crippen LogP contribution in [0.3, 0.4) is 0 Å². The quantitative estimate of drug-likeness (QED) is 0.750. The number of carbonyl (C=O) groups is 1. The van der Waals surface area contributed by atoms with Gasteiger partial charge in [0.25, 0.3) is 5.91 Å². The molecule has 0 unspecified atom stereocenters. The van der Waals surface area contributed by atoms with Crippen molar-refractivity contribution in [1.29, 1.82) is 0 Å². The van der Waals surface area contributed by atoms with Gasteiger partial charge in [0.1, 0.15) is 5.82 Å². The number of aliphatic hydroxyl groups is 1. The third kappa shape index (κ3) is 3.82. The van der Waals surface area contributed by atoms with Gasteiger partial charge in [0.15, 0.2) is 12.2 Å². The topological polar surface area (TPSA) is 66.6 Å². The van der Waals surface area contributed by atoms with Gasteiger partial charge < -0.3 is 14.4 Å². The minimum atomic E-state index is -0.991. The molecule has 0 atom stereocenters. The number of oxazole rings is 1. The highest BCUT2D eigenvalue weighted by Crippen LogP contribution is 2.28. The van der Waals surface area contributed by atoms with Crippen LogP contribution in [0, 0.1) is 5.82 Å². The number of aromatic nitrogens is 1. The van der Waals surface area contributed by atoms with Gasteiger partial charge >= 0.3 is 0 Å². The number of rotatable bonds is 4. The van der Waals surface area contributed by atoms with Crippen molar-refractivity contribution in [1.82, 2.24) is 9.88 Å². The number of halogens is 1. The van der Waals surface area contributed by atoms with Crippen LogP contribution >= 0.6 is 0 Å². The molecule has 1 N–H and O–H groups in total. The van der Waals surface area contributed by atoms with E-state index in [9.17, 15) is 14.3 Å². The number of piperidine rings is 1. The highest BCUT2D eigenvalue weighted by Gasteiger charge is 2.34. The molecule has 1 saturated heterocycles. The molecule has 2 heterocycles. The number of benzene rings is 2. The summed E-state index contributed by atoms with van der Waals surface area (Å²) in [6, 6.07) is 13.7. The number of likely N-dealkylation sites (tertiary alicyclic amines) is 1. The van der Waals surface area contributed by atoms with Gasteiger partial charge in [-0.05, 0) is 36.6 Å². The second-order valence-corrected chi connectivity index (χ2v) is 7.23. The minimum absolute atomic E-state index is 0.0722. The van der Waals surface area contributed by atoms with Crippen molar-refractivity contribution in [2.45, 2.75) is 24.9 Å². The Bertz CT molecular complexity index is 946. The van der Waals surface area contributed by atoms with Crippen LogP contribution in [0.2, 0.25) is 0 Å². The van der Waals surface area contributed by atoms with Crippen LogP contribution in [-0.4, -0.2) is 39.6 Å². The first kappa shape index (κ1) is 18.4. The summed E-state index contributed by atoms with van der Waals surface area (Å²) in [5.41, 5.74) is 0.956. The average molecular weight is 380 g/mol. The Morgan fingerprint density at radius 1 is 1.14 bits per heavy atom. The van der Waals surface area contributed by atoms with E-state index in [-0.39, 0.29) is 18.1 Å². The van der Waals surface area contributed by atoms with Crippen molar-refractivity contribution in [3.05, 3.63) is 78.1 Å². The first-order valence-corrected chi connectivity index (χ1v) is 9.28. The van der Waals surface area contributed by atoms with Crippen LogP contribution in [-0.2, 0) is 6.42 Å². The first-order chi connectivity index (χ1) is 13.5. The van der Waals surface area contributed by atoms with E-state index in [0.29, 0.717) is 42.8 Å². The number of hydrogen-bond donors (Lipinski definition) is 1. The molecular weight excluding hydrogens is 359 g/mol. The highest BCUT2D eigenvalue weighted by molar-refractivity contribution is 5.94. The van der Waals surface area contributed by atoms with Crippen molar-refractivity contribution < 1.29 is 18.7 Å². The van der Waals surface area contributed by atoms with E-state index in [2.05, 4.69) is 4.98 Å². The summed E-state index contributed by atoms with van der Waals surface area (Å²) in [4.78, 5) is 18.4. The minimum Gasteiger partial charge on any atom is -0.444 e. The largest absolute Gasteiger partial charge is 0.444 e. The lowest BCUT2D eigenvalue weighted by molar-refractivity contribution is -0.0167. The van der Waals surface area contributed by atoms with Gasteiger partial charge in [0.05, 0.1) is 11.8 Å². The molecule has 28 heavy (non-hydrogen) atoms. The number of amides is 1. The number of hydrogen-bond acceptors (Lipinski definition) is 4. The van der Waals surface area contributed by atoms with E-state index in [1.165, 1.54) is 12.5 Å². The van der Waals surface area contributed by atoms with Gasteiger partial charge in [-0.2, -0.15) is 0 Å². The summed E-state index contributed by atoms with van der Waals surface area (Å²) >= 11 is 0. The first-order valence-electron chi connectivity index (χ1n) is 9.28. The SMILES string of the molecule is O=C(c1ccc(-c2cnco2)cc1)N1CCC(O)(Cc2ccccc2F)CC1. The summed E-state index contributed by atoms with van der Waals surface area (Å²) in [5, 5.41) is 10.8. The fraction of sp³-hybridized carbons (Fsp3) is 0.273. The molecule has 144 valence electrons. The Balaban J connectivity index is 1.39. The Hall–Kier alpha value is -2.99. The Kier molecular flexibility index (Phi) is 4.96. The number of nitrogens with zero attached hydrogens (tertiary/aromatic N) is 2. The van der Waals surface area contributed by atoms with Crippen LogP contribution in [0.25, 0.3) is 11.3 Å². The molecule has 4 rings (SSSR count). The molecule has 3 aromatic rings. The van der Waals surface area contributed by atoms with Crippen LogP contribution in [0.1, 0.15) is 28.8 Å². The summed E-state index contributed by atoms with van der Waals surface area (Å²) in [6.45, 7) is 0.876. The molecule has 1 aromatic heterocycles. The zero-order valence-corrected chi connectivity index (χ0v) is 15.3. The normalized spacial score (nSPS) is 16.1. The van der Waals surface area contributed by atoms with Crippen molar-refractivity contribution in [2.75, 3.05) is 13.1 Å². The second kappa shape index (κ2) is 7.56. The molecule has 0 radical (unpaired) electrons. The van der Waals surface area contributed by atoms with Crippen molar-refractivity contribution in [2.24, 2.45) is 0 Å². The van der Waals surface area contributed by atoms with Crippen LogP contribution < -0.4 is 0 Å². The van der Waals surface area contributed by atoms with E-state index in [1.807, 2.05) is 12.1 Å². The molecule has 0 bridgehead atoms. The van der Waals surface area contributed by atoms with Gasteiger partial charge in [-0.25, -0.2) is 9.37 Å². The number of carbonyl (C=O) groups excluding carboxylic acids is 1. The zero-order valence-electron chi connectivity index (χ0n) is 15.3. The maximum absolute atomic E-state index is 13.9. The summed E-state index contributed by atoms with van der Waals surface area (Å²) in [6.07, 6.45) is 4.09. The Morgan fingerprint density at radius 3 is 2.50 bits per heavy atom. The molecule has 0 aliphatic carbocycles. The average Bonchev–Trinajstić information content (AvgIpc) is 3.25. The fourth-order valence-corrected chi connectivity index (χ4v) is 3.62. The Labute approximate surface area is 162 Å². The van der Waals surface area contributed by atoms with Crippen LogP contribution in [0.15, 0.2) is 65.5 Å². The summed E-state index contributed by atoms with van der Waals surface area (Å²) in [7, 11) is 0.